The predicted molar refractivity (Wildman–Crippen MR) is 144 cm³/mol. The van der Waals surface area contributed by atoms with Gasteiger partial charge in [0.1, 0.15) is 5.82 Å². The first kappa shape index (κ1) is 25.8. The molecule has 1 aliphatic carbocycles. The van der Waals surface area contributed by atoms with Crippen molar-refractivity contribution in [2.75, 3.05) is 28.0 Å². The molecule has 1 saturated heterocycles. The molecule has 0 amide bonds. The highest BCUT2D eigenvalue weighted by molar-refractivity contribution is 7.92. The molecule has 8 nitrogen and oxygen atoms in total. The molecule has 39 heavy (non-hydrogen) atoms. The summed E-state index contributed by atoms with van der Waals surface area (Å²) in [5.74, 6) is -3.34. The van der Waals surface area contributed by atoms with Gasteiger partial charge in [0.2, 0.25) is 5.95 Å². The lowest BCUT2D eigenvalue weighted by Crippen LogP contribution is -2.36. The predicted octanol–water partition coefficient (Wildman–Crippen LogP) is 5.92. The van der Waals surface area contributed by atoms with Crippen molar-refractivity contribution in [1.82, 2.24) is 15.0 Å². The van der Waals surface area contributed by atoms with Crippen molar-refractivity contribution in [1.29, 1.82) is 0 Å². The van der Waals surface area contributed by atoms with Gasteiger partial charge in [-0.1, -0.05) is 29.0 Å². The summed E-state index contributed by atoms with van der Waals surface area (Å²) in [6, 6.07) is 7.68. The molecule has 0 bridgehead atoms. The second-order valence-corrected chi connectivity index (χ2v) is 12.1. The van der Waals surface area contributed by atoms with Crippen LogP contribution in [0.3, 0.4) is 0 Å². The molecule has 14 heteroatoms. The second kappa shape index (κ2) is 9.96. The van der Waals surface area contributed by atoms with E-state index >= 15 is 4.39 Å². The number of hydrogen-bond donors (Lipinski definition) is 2. The highest BCUT2D eigenvalue weighted by Gasteiger charge is 2.29. The molecule has 0 atom stereocenters. The summed E-state index contributed by atoms with van der Waals surface area (Å²) in [6.07, 6.45) is 4.69. The molecule has 2 aromatic heterocycles. The third kappa shape index (κ3) is 5.01. The summed E-state index contributed by atoms with van der Waals surface area (Å²) in [5, 5.41) is 3.33. The normalized spacial score (nSPS) is 15.2. The maximum absolute atomic E-state index is 15.9. The molecule has 0 radical (unpaired) electrons. The van der Waals surface area contributed by atoms with E-state index in [4.69, 9.17) is 11.6 Å². The zero-order chi connectivity index (χ0) is 27.3. The van der Waals surface area contributed by atoms with Crippen LogP contribution in [-0.4, -0.2) is 42.5 Å². The number of halogens is 4. The van der Waals surface area contributed by atoms with Crippen LogP contribution in [0, 0.1) is 17.5 Å². The minimum absolute atomic E-state index is 0.00410. The highest BCUT2D eigenvalue weighted by atomic mass is 35.5. The van der Waals surface area contributed by atoms with E-state index in [-0.39, 0.29) is 11.3 Å². The summed E-state index contributed by atoms with van der Waals surface area (Å²) >= 11 is 7.00. The molecule has 0 unspecified atom stereocenters. The maximum Gasteiger partial charge on any atom is 0.267 e. The monoisotopic (exact) mass is 592 g/mol. The molecule has 0 spiro atoms. The number of benzene rings is 2. The van der Waals surface area contributed by atoms with Gasteiger partial charge in [-0.2, -0.15) is 0 Å². The van der Waals surface area contributed by atoms with Gasteiger partial charge in [0.15, 0.2) is 21.7 Å². The third-order valence-electron chi connectivity index (χ3n) is 6.31. The fourth-order valence-electron chi connectivity index (χ4n) is 4.02. The molecule has 2 aromatic carbocycles. The molecule has 1 aliphatic heterocycles. The quantitative estimate of drug-likeness (QED) is 0.245. The lowest BCUT2D eigenvalue weighted by atomic mass is 10.1. The van der Waals surface area contributed by atoms with Crippen LogP contribution in [-0.2, 0) is 10.0 Å². The highest BCUT2D eigenvalue weighted by Crippen LogP contribution is 2.43. The molecule has 3 heterocycles. The van der Waals surface area contributed by atoms with Gasteiger partial charge in [-0.05, 0) is 49.6 Å². The molecule has 2 aliphatic rings. The summed E-state index contributed by atoms with van der Waals surface area (Å²) < 4.78 is 72.4. The zero-order valence-corrected chi connectivity index (χ0v) is 22.5. The molecule has 202 valence electrons. The van der Waals surface area contributed by atoms with Crippen molar-refractivity contribution in [3.63, 3.8) is 0 Å². The summed E-state index contributed by atoms with van der Waals surface area (Å²) in [4.78, 5) is 14.9. The molecule has 2 fully saturated rings. The minimum Gasteiger partial charge on any atom is -0.351 e. The first-order valence-corrected chi connectivity index (χ1v) is 14.7. The zero-order valence-electron chi connectivity index (χ0n) is 20.1. The number of anilines is 3. The van der Waals surface area contributed by atoms with E-state index in [2.05, 4.69) is 25.2 Å². The largest absolute Gasteiger partial charge is 0.351 e. The Morgan fingerprint density at radius 1 is 1.03 bits per heavy atom. The fourth-order valence-corrected chi connectivity index (χ4v) is 6.55. The molecule has 4 aromatic rings. The average molecular weight is 593 g/mol. The van der Waals surface area contributed by atoms with Gasteiger partial charge in [-0.15, -0.1) is 0 Å². The van der Waals surface area contributed by atoms with E-state index in [0.29, 0.717) is 27.7 Å². The molecule has 6 rings (SSSR count). The maximum atomic E-state index is 15.9. The Labute approximate surface area is 231 Å². The van der Waals surface area contributed by atoms with Gasteiger partial charge < -0.3 is 10.2 Å². The number of hydrogen-bond acceptors (Lipinski definition) is 8. The van der Waals surface area contributed by atoms with Gasteiger partial charge in [-0.3, -0.25) is 4.72 Å². The van der Waals surface area contributed by atoms with Crippen molar-refractivity contribution >= 4 is 49.7 Å². The SMILES string of the molecule is O=S(=O)(Nc1cccc(-c2nc(N3CCC3)sc2-c2ccnc(NC3CC3)n2)c1F)c1c(F)ccc(Cl)c1F. The third-order valence-corrected chi connectivity index (χ3v) is 9.14. The minimum atomic E-state index is -4.87. The van der Waals surface area contributed by atoms with Crippen molar-refractivity contribution < 1.29 is 21.6 Å². The molecular formula is C25H20ClF3N6O2S2. The number of nitrogens with zero attached hydrogens (tertiary/aromatic N) is 4. The Kier molecular flexibility index (Phi) is 6.60. The van der Waals surface area contributed by atoms with Crippen LogP contribution in [0.15, 0.2) is 47.5 Å². The van der Waals surface area contributed by atoms with Gasteiger partial charge in [0.25, 0.3) is 10.0 Å². The van der Waals surface area contributed by atoms with Crippen LogP contribution in [0.25, 0.3) is 21.8 Å². The number of thiazole rings is 1. The number of nitrogens with one attached hydrogen (secondary N) is 2. The summed E-state index contributed by atoms with van der Waals surface area (Å²) in [7, 11) is -4.87. The number of aromatic nitrogens is 3. The number of sulfonamides is 1. The fraction of sp³-hybridized carbons (Fsp3) is 0.240. The van der Waals surface area contributed by atoms with E-state index in [9.17, 15) is 17.2 Å². The molecule has 2 N–H and O–H groups in total. The van der Waals surface area contributed by atoms with Crippen LogP contribution in [0.2, 0.25) is 5.02 Å². The smallest absolute Gasteiger partial charge is 0.267 e. The van der Waals surface area contributed by atoms with Crippen LogP contribution in [0.5, 0.6) is 0 Å². The van der Waals surface area contributed by atoms with E-state index < -0.39 is 43.1 Å². The van der Waals surface area contributed by atoms with E-state index in [1.54, 1.807) is 12.3 Å². The van der Waals surface area contributed by atoms with Crippen molar-refractivity contribution in [3.05, 3.63) is 65.1 Å². The lowest BCUT2D eigenvalue weighted by Gasteiger charge is -2.30. The topological polar surface area (TPSA) is 100 Å². The molecule has 1 saturated carbocycles. The Bertz CT molecular complexity index is 1690. The first-order valence-electron chi connectivity index (χ1n) is 12.0. The van der Waals surface area contributed by atoms with E-state index in [1.807, 2.05) is 4.72 Å². The average Bonchev–Trinajstić information content (AvgIpc) is 3.58. The van der Waals surface area contributed by atoms with E-state index in [0.717, 1.165) is 50.6 Å². The Balaban J connectivity index is 1.41. The Morgan fingerprint density at radius 2 is 1.82 bits per heavy atom. The lowest BCUT2D eigenvalue weighted by molar-refractivity contribution is 0.521. The van der Waals surface area contributed by atoms with Gasteiger partial charge in [0, 0.05) is 30.9 Å². The van der Waals surface area contributed by atoms with Crippen LogP contribution < -0.4 is 14.9 Å². The summed E-state index contributed by atoms with van der Waals surface area (Å²) in [5.41, 5.74) is 0.280. The van der Waals surface area contributed by atoms with Gasteiger partial charge in [0.05, 0.1) is 27.0 Å². The van der Waals surface area contributed by atoms with E-state index in [1.165, 1.54) is 23.5 Å². The Morgan fingerprint density at radius 3 is 2.54 bits per heavy atom. The van der Waals surface area contributed by atoms with Crippen LogP contribution in [0.1, 0.15) is 19.3 Å². The van der Waals surface area contributed by atoms with Crippen molar-refractivity contribution in [2.24, 2.45) is 0 Å². The van der Waals surface area contributed by atoms with Crippen LogP contribution >= 0.6 is 22.9 Å². The number of rotatable bonds is 8. The molecular weight excluding hydrogens is 573 g/mol. The van der Waals surface area contributed by atoms with Gasteiger partial charge >= 0.3 is 0 Å². The van der Waals surface area contributed by atoms with Crippen molar-refractivity contribution in [3.8, 4) is 21.8 Å². The standard InChI is InChI=1S/C25H20ClF3N6O2S2/c26-15-7-8-16(27)23(20(15)29)39(36,37)34-17-4-1-3-14(19(17)28)21-22(38-25(33-21)35-11-2-12-35)18-9-10-30-24(32-18)31-13-5-6-13/h1,3-4,7-10,13,34H,2,5-6,11-12H2,(H,30,31,32). The summed E-state index contributed by atoms with van der Waals surface area (Å²) in [6.45, 7) is 1.62. The first-order chi connectivity index (χ1) is 18.7. The second-order valence-electron chi connectivity index (χ2n) is 9.14. The Hall–Kier alpha value is -3.42. The van der Waals surface area contributed by atoms with Gasteiger partial charge in [-0.25, -0.2) is 36.5 Å². The van der Waals surface area contributed by atoms with Crippen LogP contribution in [0.4, 0.5) is 29.9 Å². The van der Waals surface area contributed by atoms with Crippen molar-refractivity contribution in [2.45, 2.75) is 30.2 Å².